The molecule has 0 aromatic heterocycles. The minimum absolute atomic E-state index is 0.0690. The lowest BCUT2D eigenvalue weighted by Crippen LogP contribution is -2.28. The Morgan fingerprint density at radius 3 is 2.82 bits per heavy atom. The Hall–Kier alpha value is -2.34. The van der Waals surface area contributed by atoms with Gasteiger partial charge in [0.05, 0.1) is 12.2 Å². The van der Waals surface area contributed by atoms with Crippen LogP contribution in [0.5, 0.6) is 0 Å². The summed E-state index contributed by atoms with van der Waals surface area (Å²) in [6, 6.07) is 12.6. The van der Waals surface area contributed by atoms with E-state index in [2.05, 4.69) is 4.72 Å². The first-order valence-electron chi connectivity index (χ1n) is 6.46. The Morgan fingerprint density at radius 1 is 1.27 bits per heavy atom. The van der Waals surface area contributed by atoms with Gasteiger partial charge in [-0.2, -0.15) is 5.26 Å². The SMILES string of the molecule is N#Cc1ccccc1S(=O)(=O)Nc1ccc2c(c1)B(O)OC2. The van der Waals surface area contributed by atoms with Gasteiger partial charge in [-0.05, 0) is 35.3 Å². The minimum Gasteiger partial charge on any atom is -0.423 e. The van der Waals surface area contributed by atoms with Crippen LogP contribution in [0.2, 0.25) is 0 Å². The van der Waals surface area contributed by atoms with E-state index < -0.39 is 17.1 Å². The number of hydrogen-bond acceptors (Lipinski definition) is 5. The summed E-state index contributed by atoms with van der Waals surface area (Å²) in [6.45, 7) is 0.292. The third-order valence-corrected chi connectivity index (χ3v) is 4.80. The summed E-state index contributed by atoms with van der Waals surface area (Å²) in [5.74, 6) is 0. The molecule has 1 aliphatic heterocycles. The Balaban J connectivity index is 1.96. The molecule has 0 saturated heterocycles. The average molecular weight is 314 g/mol. The van der Waals surface area contributed by atoms with E-state index in [9.17, 15) is 13.4 Å². The van der Waals surface area contributed by atoms with Crippen LogP contribution in [0.15, 0.2) is 47.4 Å². The summed E-state index contributed by atoms with van der Waals surface area (Å²) in [5, 5.41) is 18.7. The summed E-state index contributed by atoms with van der Waals surface area (Å²) >= 11 is 0. The smallest absolute Gasteiger partial charge is 0.423 e. The van der Waals surface area contributed by atoms with Crippen LogP contribution in [-0.2, 0) is 21.3 Å². The fourth-order valence-electron chi connectivity index (χ4n) is 2.28. The van der Waals surface area contributed by atoms with Gasteiger partial charge in [0.25, 0.3) is 10.0 Å². The Bertz CT molecular complexity index is 877. The summed E-state index contributed by atoms with van der Waals surface area (Å²) in [5.41, 5.74) is 1.72. The van der Waals surface area contributed by atoms with Gasteiger partial charge in [-0.15, -0.1) is 0 Å². The van der Waals surface area contributed by atoms with E-state index >= 15 is 0 Å². The van der Waals surface area contributed by atoms with Gasteiger partial charge in [0.15, 0.2) is 0 Å². The lowest BCUT2D eigenvalue weighted by Gasteiger charge is -2.10. The number of nitrogens with one attached hydrogen (secondary N) is 1. The predicted octanol–water partition coefficient (Wildman–Crippen LogP) is 0.577. The fourth-order valence-corrected chi connectivity index (χ4v) is 3.49. The van der Waals surface area contributed by atoms with Gasteiger partial charge in [-0.1, -0.05) is 18.2 Å². The van der Waals surface area contributed by atoms with Crippen LogP contribution in [0.3, 0.4) is 0 Å². The molecular weight excluding hydrogens is 303 g/mol. The predicted molar refractivity (Wildman–Crippen MR) is 80.8 cm³/mol. The molecule has 0 radical (unpaired) electrons. The van der Waals surface area contributed by atoms with Crippen molar-refractivity contribution in [3.63, 3.8) is 0 Å². The van der Waals surface area contributed by atoms with E-state index in [1.807, 2.05) is 6.07 Å². The van der Waals surface area contributed by atoms with Gasteiger partial charge in [0.1, 0.15) is 11.0 Å². The molecule has 0 fully saturated rings. The van der Waals surface area contributed by atoms with Gasteiger partial charge >= 0.3 is 7.12 Å². The molecule has 0 unspecified atom stereocenters. The van der Waals surface area contributed by atoms with Crippen LogP contribution >= 0.6 is 0 Å². The Labute approximate surface area is 128 Å². The number of benzene rings is 2. The average Bonchev–Trinajstić information content (AvgIpc) is 2.88. The zero-order valence-electron chi connectivity index (χ0n) is 11.4. The molecule has 2 aromatic rings. The molecule has 0 atom stereocenters. The third kappa shape index (κ3) is 2.57. The third-order valence-electron chi connectivity index (χ3n) is 3.36. The maximum absolute atomic E-state index is 12.4. The van der Waals surface area contributed by atoms with Gasteiger partial charge < -0.3 is 9.68 Å². The van der Waals surface area contributed by atoms with Crippen molar-refractivity contribution in [2.24, 2.45) is 0 Å². The van der Waals surface area contributed by atoms with E-state index in [1.165, 1.54) is 18.2 Å². The second-order valence-corrected chi connectivity index (χ2v) is 6.44. The van der Waals surface area contributed by atoms with Gasteiger partial charge in [-0.3, -0.25) is 4.72 Å². The zero-order valence-corrected chi connectivity index (χ0v) is 12.2. The van der Waals surface area contributed by atoms with Crippen LogP contribution in [-0.4, -0.2) is 20.6 Å². The second-order valence-electron chi connectivity index (χ2n) is 4.79. The lowest BCUT2D eigenvalue weighted by atomic mass is 9.79. The number of nitriles is 1. The molecule has 0 amide bonds. The summed E-state index contributed by atoms with van der Waals surface area (Å²) in [7, 11) is -4.94. The van der Waals surface area contributed by atoms with Crippen LogP contribution in [0.1, 0.15) is 11.1 Å². The molecule has 0 bridgehead atoms. The molecule has 110 valence electrons. The van der Waals surface area contributed by atoms with Crippen LogP contribution < -0.4 is 10.2 Å². The number of sulfonamides is 1. The maximum atomic E-state index is 12.4. The number of nitrogens with zero attached hydrogens (tertiary/aromatic N) is 1. The molecule has 0 saturated carbocycles. The second kappa shape index (κ2) is 5.46. The van der Waals surface area contributed by atoms with E-state index in [0.717, 1.165) is 5.56 Å². The normalized spacial score (nSPS) is 13.5. The fraction of sp³-hybridized carbons (Fsp3) is 0.0714. The van der Waals surface area contributed by atoms with Crippen molar-refractivity contribution in [3.05, 3.63) is 53.6 Å². The highest BCUT2D eigenvalue weighted by Crippen LogP contribution is 2.20. The topological polar surface area (TPSA) is 99.4 Å². The van der Waals surface area contributed by atoms with E-state index in [0.29, 0.717) is 17.8 Å². The molecule has 2 N–H and O–H groups in total. The van der Waals surface area contributed by atoms with Crippen molar-refractivity contribution in [1.29, 1.82) is 5.26 Å². The first-order valence-corrected chi connectivity index (χ1v) is 7.94. The first kappa shape index (κ1) is 14.6. The van der Waals surface area contributed by atoms with Crippen molar-refractivity contribution in [1.82, 2.24) is 0 Å². The van der Waals surface area contributed by atoms with Gasteiger partial charge in [0, 0.05) is 5.69 Å². The first-order chi connectivity index (χ1) is 10.5. The number of hydrogen-bond donors (Lipinski definition) is 2. The van der Waals surface area contributed by atoms with Crippen LogP contribution in [0.4, 0.5) is 5.69 Å². The van der Waals surface area contributed by atoms with Gasteiger partial charge in [0.2, 0.25) is 0 Å². The van der Waals surface area contributed by atoms with Crippen LogP contribution in [0.25, 0.3) is 0 Å². The molecular formula is C14H11BN2O4S. The molecule has 2 aromatic carbocycles. The molecule has 0 spiro atoms. The Morgan fingerprint density at radius 2 is 2.05 bits per heavy atom. The molecule has 1 heterocycles. The van der Waals surface area contributed by atoms with Crippen molar-refractivity contribution in [2.75, 3.05) is 4.72 Å². The van der Waals surface area contributed by atoms with Crippen LogP contribution in [0, 0.1) is 11.3 Å². The highest BCUT2D eigenvalue weighted by atomic mass is 32.2. The molecule has 22 heavy (non-hydrogen) atoms. The highest BCUT2D eigenvalue weighted by Gasteiger charge is 2.28. The highest BCUT2D eigenvalue weighted by molar-refractivity contribution is 7.92. The van der Waals surface area contributed by atoms with Crippen molar-refractivity contribution < 1.29 is 18.1 Å². The molecule has 1 aliphatic rings. The molecule has 6 nitrogen and oxygen atoms in total. The van der Waals surface area contributed by atoms with Gasteiger partial charge in [-0.25, -0.2) is 8.42 Å². The Kier molecular flexibility index (Phi) is 3.62. The minimum atomic E-state index is -3.89. The number of fused-ring (bicyclic) bond motifs is 1. The maximum Gasteiger partial charge on any atom is 0.491 e. The van der Waals surface area contributed by atoms with Crippen molar-refractivity contribution >= 4 is 28.3 Å². The number of anilines is 1. The number of rotatable bonds is 3. The summed E-state index contributed by atoms with van der Waals surface area (Å²) < 4.78 is 32.3. The van der Waals surface area contributed by atoms with Crippen molar-refractivity contribution in [3.8, 4) is 6.07 Å². The molecule has 0 aliphatic carbocycles. The van der Waals surface area contributed by atoms with E-state index in [-0.39, 0.29) is 10.5 Å². The van der Waals surface area contributed by atoms with Crippen molar-refractivity contribution in [2.45, 2.75) is 11.5 Å². The monoisotopic (exact) mass is 314 g/mol. The summed E-state index contributed by atoms with van der Waals surface area (Å²) in [6.07, 6.45) is 0. The zero-order chi connectivity index (χ0) is 15.7. The summed E-state index contributed by atoms with van der Waals surface area (Å²) in [4.78, 5) is -0.0882. The van der Waals surface area contributed by atoms with E-state index in [4.69, 9.17) is 9.92 Å². The molecule has 8 heteroatoms. The standard InChI is InChI=1S/C14H11BN2O4S/c16-8-10-3-1-2-4-14(10)22(19,20)17-12-6-5-11-9-21-15(18)13(11)7-12/h1-7,17-18H,9H2. The largest absolute Gasteiger partial charge is 0.491 e. The lowest BCUT2D eigenvalue weighted by molar-refractivity contribution is 0.275. The molecule has 3 rings (SSSR count). The van der Waals surface area contributed by atoms with E-state index in [1.54, 1.807) is 24.3 Å². The quantitative estimate of drug-likeness (QED) is 0.807.